The van der Waals surface area contributed by atoms with Crippen molar-refractivity contribution in [3.05, 3.63) is 53.6 Å². The van der Waals surface area contributed by atoms with E-state index in [2.05, 4.69) is 0 Å². The maximum atomic E-state index is 13.1. The van der Waals surface area contributed by atoms with Gasteiger partial charge in [-0.15, -0.1) is 0 Å². The molecule has 1 aliphatic rings. The van der Waals surface area contributed by atoms with Gasteiger partial charge in [0, 0.05) is 5.92 Å². The van der Waals surface area contributed by atoms with Gasteiger partial charge in [0.2, 0.25) is 0 Å². The number of methoxy groups -OCH3 is 4. The minimum atomic E-state index is -0.933. The molecule has 170 valence electrons. The zero-order chi connectivity index (χ0) is 23.3. The largest absolute Gasteiger partial charge is 0.493 e. The molecule has 1 aliphatic carbocycles. The van der Waals surface area contributed by atoms with E-state index in [-0.39, 0.29) is 12.4 Å². The SMILES string of the molecule is CCOC(=O)[C@@H]1C(=O)C=C(c2ccc(OC)c(OC)c2)C[C@H]1c1ccc(OC)c(OC)c1. The Morgan fingerprint density at radius 3 is 2.06 bits per heavy atom. The Hall–Kier alpha value is -3.48. The Morgan fingerprint density at radius 1 is 0.875 bits per heavy atom. The van der Waals surface area contributed by atoms with Gasteiger partial charge in [0.15, 0.2) is 28.8 Å². The molecular weight excluding hydrogens is 412 g/mol. The first-order valence-corrected chi connectivity index (χ1v) is 10.3. The monoisotopic (exact) mass is 440 g/mol. The molecule has 0 aliphatic heterocycles. The first-order valence-electron chi connectivity index (χ1n) is 10.3. The minimum Gasteiger partial charge on any atom is -0.493 e. The average molecular weight is 440 g/mol. The maximum absolute atomic E-state index is 13.1. The molecule has 7 nitrogen and oxygen atoms in total. The van der Waals surface area contributed by atoms with Crippen LogP contribution in [0.1, 0.15) is 30.4 Å². The van der Waals surface area contributed by atoms with Crippen LogP contribution in [0.25, 0.3) is 5.57 Å². The first kappa shape index (κ1) is 23.2. The summed E-state index contributed by atoms with van der Waals surface area (Å²) in [5, 5.41) is 0. The molecule has 0 saturated carbocycles. The number of rotatable bonds is 8. The molecule has 2 atom stereocenters. The standard InChI is InChI=1S/C25H28O7/c1-6-32-25(27)24-18(16-8-10-21(29-3)23(14-16)31-5)11-17(12-19(24)26)15-7-9-20(28-2)22(13-15)30-4/h7-10,12-14,18,24H,6,11H2,1-5H3/t18-,24-/m0/s1. The van der Waals surface area contributed by atoms with Gasteiger partial charge < -0.3 is 23.7 Å². The lowest BCUT2D eigenvalue weighted by atomic mass is 9.73. The van der Waals surface area contributed by atoms with Crippen LogP contribution in [0, 0.1) is 5.92 Å². The number of hydrogen-bond donors (Lipinski definition) is 0. The molecule has 0 unspecified atom stereocenters. The van der Waals surface area contributed by atoms with Crippen molar-refractivity contribution in [2.24, 2.45) is 5.92 Å². The lowest BCUT2D eigenvalue weighted by molar-refractivity contribution is -0.151. The van der Waals surface area contributed by atoms with Crippen molar-refractivity contribution in [2.45, 2.75) is 19.3 Å². The highest BCUT2D eigenvalue weighted by Gasteiger charge is 2.40. The summed E-state index contributed by atoms with van der Waals surface area (Å²) < 4.78 is 26.7. The van der Waals surface area contributed by atoms with Crippen LogP contribution in [0.4, 0.5) is 0 Å². The Bertz CT molecular complexity index is 1020. The van der Waals surface area contributed by atoms with Crippen molar-refractivity contribution in [3.63, 3.8) is 0 Å². The van der Waals surface area contributed by atoms with Crippen molar-refractivity contribution < 1.29 is 33.3 Å². The molecule has 3 rings (SSSR count). The van der Waals surface area contributed by atoms with Crippen molar-refractivity contribution in [2.75, 3.05) is 35.0 Å². The van der Waals surface area contributed by atoms with E-state index in [9.17, 15) is 9.59 Å². The topological polar surface area (TPSA) is 80.3 Å². The molecule has 0 saturated heterocycles. The maximum Gasteiger partial charge on any atom is 0.317 e. The average Bonchev–Trinajstić information content (AvgIpc) is 2.82. The summed E-state index contributed by atoms with van der Waals surface area (Å²) in [5.41, 5.74) is 2.42. The second-order valence-corrected chi connectivity index (χ2v) is 7.30. The summed E-state index contributed by atoms with van der Waals surface area (Å²) in [5.74, 6) is 0.0860. The molecule has 0 bridgehead atoms. The highest BCUT2D eigenvalue weighted by atomic mass is 16.5. The number of esters is 1. The third-order valence-corrected chi connectivity index (χ3v) is 5.60. The number of ketones is 1. The van der Waals surface area contributed by atoms with Crippen LogP contribution in [0.2, 0.25) is 0 Å². The zero-order valence-corrected chi connectivity index (χ0v) is 19.0. The quantitative estimate of drug-likeness (QED) is 0.453. The van der Waals surface area contributed by atoms with Crippen LogP contribution in [0.15, 0.2) is 42.5 Å². The van der Waals surface area contributed by atoms with Gasteiger partial charge in [-0.3, -0.25) is 9.59 Å². The molecule has 0 N–H and O–H groups in total. The Labute approximate surface area is 187 Å². The highest BCUT2D eigenvalue weighted by molar-refractivity contribution is 6.10. The van der Waals surface area contributed by atoms with Crippen molar-refractivity contribution >= 4 is 17.3 Å². The fourth-order valence-electron chi connectivity index (χ4n) is 4.02. The summed E-state index contributed by atoms with van der Waals surface area (Å²) in [6.07, 6.45) is 1.99. The summed E-state index contributed by atoms with van der Waals surface area (Å²) >= 11 is 0. The molecule has 7 heteroatoms. The summed E-state index contributed by atoms with van der Waals surface area (Å²) in [4.78, 5) is 25.9. The smallest absolute Gasteiger partial charge is 0.317 e. The molecule has 0 aromatic heterocycles. The van der Waals surface area contributed by atoms with Crippen molar-refractivity contribution in [1.82, 2.24) is 0 Å². The summed E-state index contributed by atoms with van der Waals surface area (Å²) in [6.45, 7) is 1.93. The fourth-order valence-corrected chi connectivity index (χ4v) is 4.02. The molecule has 0 fully saturated rings. The fraction of sp³-hybridized carbons (Fsp3) is 0.360. The number of carbonyl (C=O) groups is 2. The van der Waals surface area contributed by atoms with Gasteiger partial charge in [0.1, 0.15) is 5.92 Å². The van der Waals surface area contributed by atoms with Crippen LogP contribution in [0.5, 0.6) is 23.0 Å². The highest BCUT2D eigenvalue weighted by Crippen LogP contribution is 2.43. The van der Waals surface area contributed by atoms with Crippen LogP contribution in [-0.2, 0) is 14.3 Å². The second kappa shape index (κ2) is 10.2. The van der Waals surface area contributed by atoms with E-state index < -0.39 is 17.8 Å². The van der Waals surface area contributed by atoms with E-state index in [4.69, 9.17) is 23.7 Å². The van der Waals surface area contributed by atoms with Gasteiger partial charge >= 0.3 is 5.97 Å². The van der Waals surface area contributed by atoms with E-state index in [0.717, 1.165) is 16.7 Å². The number of ether oxygens (including phenoxy) is 5. The summed E-state index contributed by atoms with van der Waals surface area (Å²) in [7, 11) is 6.23. The van der Waals surface area contributed by atoms with Gasteiger partial charge in [-0.1, -0.05) is 12.1 Å². The van der Waals surface area contributed by atoms with Crippen LogP contribution in [0.3, 0.4) is 0 Å². The van der Waals surface area contributed by atoms with Gasteiger partial charge in [-0.25, -0.2) is 0 Å². The van der Waals surface area contributed by atoms with Gasteiger partial charge in [-0.2, -0.15) is 0 Å². The first-order chi connectivity index (χ1) is 15.5. The predicted molar refractivity (Wildman–Crippen MR) is 120 cm³/mol. The van der Waals surface area contributed by atoms with E-state index in [1.165, 1.54) is 6.08 Å². The lowest BCUT2D eigenvalue weighted by Crippen LogP contribution is -2.34. The summed E-state index contributed by atoms with van der Waals surface area (Å²) in [6, 6.07) is 10.9. The van der Waals surface area contributed by atoms with Gasteiger partial charge in [-0.05, 0) is 60.4 Å². The second-order valence-electron chi connectivity index (χ2n) is 7.30. The Morgan fingerprint density at radius 2 is 1.47 bits per heavy atom. The van der Waals surface area contributed by atoms with Crippen LogP contribution >= 0.6 is 0 Å². The molecule has 0 spiro atoms. The molecular formula is C25H28O7. The van der Waals surface area contributed by atoms with E-state index in [1.807, 2.05) is 18.2 Å². The van der Waals surface area contributed by atoms with Gasteiger partial charge in [0.05, 0.1) is 35.0 Å². The normalized spacial score (nSPS) is 17.9. The van der Waals surface area contributed by atoms with E-state index in [1.54, 1.807) is 53.6 Å². The molecule has 32 heavy (non-hydrogen) atoms. The van der Waals surface area contributed by atoms with Crippen LogP contribution in [-0.4, -0.2) is 46.8 Å². The molecule has 0 amide bonds. The molecule has 0 heterocycles. The Balaban J connectivity index is 2.07. The molecule has 2 aromatic rings. The lowest BCUT2D eigenvalue weighted by Gasteiger charge is -2.30. The van der Waals surface area contributed by atoms with E-state index in [0.29, 0.717) is 29.4 Å². The number of allylic oxidation sites excluding steroid dienone is 2. The number of carbonyl (C=O) groups excluding carboxylic acids is 2. The third kappa shape index (κ3) is 4.56. The molecule has 0 radical (unpaired) electrons. The third-order valence-electron chi connectivity index (χ3n) is 5.60. The van der Waals surface area contributed by atoms with Crippen molar-refractivity contribution in [1.29, 1.82) is 0 Å². The Kier molecular flexibility index (Phi) is 7.41. The molecule has 2 aromatic carbocycles. The van der Waals surface area contributed by atoms with E-state index >= 15 is 0 Å². The number of hydrogen-bond acceptors (Lipinski definition) is 7. The van der Waals surface area contributed by atoms with Gasteiger partial charge in [0.25, 0.3) is 0 Å². The zero-order valence-electron chi connectivity index (χ0n) is 19.0. The van der Waals surface area contributed by atoms with Crippen molar-refractivity contribution in [3.8, 4) is 23.0 Å². The van der Waals surface area contributed by atoms with Crippen LogP contribution < -0.4 is 18.9 Å². The predicted octanol–water partition coefficient (Wildman–Crippen LogP) is 4.04. The minimum absolute atomic E-state index is 0.202. The number of benzene rings is 2.